The molecule has 0 bridgehead atoms. The fourth-order valence-corrected chi connectivity index (χ4v) is 17.8. The maximum absolute atomic E-state index is 7.20. The first-order chi connectivity index (χ1) is 50.4. The van der Waals surface area contributed by atoms with Crippen molar-refractivity contribution in [3.8, 4) is 113 Å². The van der Waals surface area contributed by atoms with E-state index in [1.54, 1.807) is 0 Å². The first kappa shape index (κ1) is 57.9. The first-order valence-electron chi connectivity index (χ1n) is 34.9. The molecule has 2 aliphatic heterocycles. The summed E-state index contributed by atoms with van der Waals surface area (Å²) in [6, 6.07) is 114. The lowest BCUT2D eigenvalue weighted by molar-refractivity contribution is 0.330. The van der Waals surface area contributed by atoms with Gasteiger partial charge in [-0.2, -0.15) is 0 Å². The number of hydrogen-bond donors (Lipinski definition) is 0. The van der Waals surface area contributed by atoms with Gasteiger partial charge in [-0.1, -0.05) is 286 Å². The van der Waals surface area contributed by atoms with Crippen LogP contribution in [0.15, 0.2) is 344 Å². The van der Waals surface area contributed by atoms with E-state index in [-0.39, 0.29) is 5.92 Å². The Morgan fingerprint density at radius 1 is 0.294 bits per heavy atom. The minimum atomic E-state index is -0.647. The van der Waals surface area contributed by atoms with Gasteiger partial charge in [-0.25, -0.2) is 19.9 Å². The van der Waals surface area contributed by atoms with Crippen LogP contribution in [-0.4, -0.2) is 19.9 Å². The van der Waals surface area contributed by atoms with Gasteiger partial charge in [0.1, 0.15) is 34.2 Å². The molecule has 102 heavy (non-hydrogen) atoms. The lowest BCUT2D eigenvalue weighted by Crippen LogP contribution is -2.42. The lowest BCUT2D eigenvalue weighted by Gasteiger charge is -2.45. The highest BCUT2D eigenvalue weighted by Gasteiger charge is 2.61. The zero-order valence-electron chi connectivity index (χ0n) is 55.4. The van der Waals surface area contributed by atoms with Crippen molar-refractivity contribution in [3.63, 3.8) is 0 Å². The molecule has 3 unspecified atom stereocenters. The van der Waals surface area contributed by atoms with Crippen molar-refractivity contribution in [1.82, 2.24) is 19.9 Å². The molecule has 3 aromatic heterocycles. The fraction of sp³-hybridized carbons (Fsp3) is 0.0526. The standard InChI is InChI=1S/C95H60N4O3/c1-93-57-65(45-50-90(93)95(75-35-17-16-34-74(75)93)77-37-19-22-40-86(77)102-89-54-63(44-49-79(89)95)81-55-80(96-91(97-81)59-25-7-3-8-26-59)62-42-47-70-69-31-13-20-38-84(69)100-87(70)52-62)61-41-46-66(58-23-5-2-6-24-58)71(51-61)83-56-82(98-92(99-83)60-27-9-4-10-28-60)64-43-48-78-88(53-64)101-85-39-21-18-36-76(85)94(78)72-32-14-11-29-67(72)68-30-12-15-33-73(68)94/h2-57,90H,1H3. The van der Waals surface area contributed by atoms with E-state index in [1.807, 2.05) is 36.4 Å². The highest BCUT2D eigenvalue weighted by atomic mass is 16.5. The summed E-state index contributed by atoms with van der Waals surface area (Å²) < 4.78 is 20.7. The third kappa shape index (κ3) is 8.49. The van der Waals surface area contributed by atoms with Crippen LogP contribution >= 0.6 is 0 Å². The van der Waals surface area contributed by atoms with Gasteiger partial charge in [-0.3, -0.25) is 0 Å². The SMILES string of the molecule is CC12C=C(c3ccc(-c4ccccc4)c(-c4cc(-c5ccc6c(c5)Oc5ccccc5C65c6ccccc6-c6ccccc65)nc(-c5ccccc5)n4)c3)C=CC1C1(c3ccccc3Oc3cc(-c4cc(-c5ccc6c(c5)oc5ccccc56)nc(-c5ccccc5)n4)ccc31)c1ccccc12. The molecule has 13 aromatic carbocycles. The second kappa shape index (κ2) is 22.2. The second-order valence-electron chi connectivity index (χ2n) is 27.6. The van der Waals surface area contributed by atoms with E-state index in [0.29, 0.717) is 11.6 Å². The number of furan rings is 1. The lowest BCUT2D eigenvalue weighted by atomic mass is 9.58. The van der Waals surface area contributed by atoms with E-state index in [0.717, 1.165) is 146 Å². The fourth-order valence-electron chi connectivity index (χ4n) is 17.8. The number of rotatable bonds is 8. The van der Waals surface area contributed by atoms with E-state index in [1.165, 1.54) is 33.4 Å². The molecule has 478 valence electrons. The Morgan fingerprint density at radius 3 is 1.42 bits per heavy atom. The van der Waals surface area contributed by atoms with Crippen LogP contribution in [0.2, 0.25) is 0 Å². The molecular formula is C95H60N4O3. The Bertz CT molecular complexity index is 6210. The Balaban J connectivity index is 0.695. The maximum atomic E-state index is 7.20. The largest absolute Gasteiger partial charge is 0.457 e. The molecule has 2 spiro atoms. The van der Waals surface area contributed by atoms with Crippen molar-refractivity contribution in [2.24, 2.45) is 5.92 Å². The first-order valence-corrected chi connectivity index (χ1v) is 34.9. The Morgan fingerprint density at radius 2 is 0.755 bits per heavy atom. The van der Waals surface area contributed by atoms with Crippen LogP contribution < -0.4 is 9.47 Å². The predicted octanol–water partition coefficient (Wildman–Crippen LogP) is 23.3. The van der Waals surface area contributed by atoms with Crippen LogP contribution in [0.3, 0.4) is 0 Å². The van der Waals surface area contributed by atoms with Gasteiger partial charge in [0.2, 0.25) is 0 Å². The topological polar surface area (TPSA) is 83.2 Å². The van der Waals surface area contributed by atoms with Crippen molar-refractivity contribution in [2.75, 3.05) is 0 Å². The van der Waals surface area contributed by atoms with Crippen LogP contribution in [0.4, 0.5) is 0 Å². The van der Waals surface area contributed by atoms with Crippen LogP contribution in [0, 0.1) is 5.92 Å². The Hall–Kier alpha value is -13.1. The molecule has 0 saturated heterocycles. The van der Waals surface area contributed by atoms with Crippen molar-refractivity contribution >= 4 is 27.5 Å². The molecule has 3 aliphatic carbocycles. The van der Waals surface area contributed by atoms with Gasteiger partial charge in [0.25, 0.3) is 0 Å². The van der Waals surface area contributed by atoms with E-state index >= 15 is 0 Å². The summed E-state index contributed by atoms with van der Waals surface area (Å²) >= 11 is 0. The normalized spacial score (nSPS) is 17.3. The van der Waals surface area contributed by atoms with Crippen LogP contribution in [0.25, 0.3) is 118 Å². The number of benzene rings is 13. The summed E-state index contributed by atoms with van der Waals surface area (Å²) in [7, 11) is 0. The molecule has 0 amide bonds. The molecule has 5 aliphatic rings. The molecule has 5 heterocycles. The molecule has 0 saturated carbocycles. The molecule has 0 N–H and O–H groups in total. The summed E-state index contributed by atoms with van der Waals surface area (Å²) in [5, 5.41) is 2.15. The number of para-hydroxylation sites is 3. The summed E-state index contributed by atoms with van der Waals surface area (Å²) in [6.45, 7) is 2.44. The smallest absolute Gasteiger partial charge is 0.160 e. The maximum Gasteiger partial charge on any atom is 0.160 e. The van der Waals surface area contributed by atoms with Crippen molar-refractivity contribution in [2.45, 2.75) is 23.2 Å². The average molecular weight is 1310 g/mol. The Kier molecular flexibility index (Phi) is 12.6. The molecule has 7 heteroatoms. The third-order valence-electron chi connectivity index (χ3n) is 22.3. The van der Waals surface area contributed by atoms with Crippen molar-refractivity contribution in [1.29, 1.82) is 0 Å². The van der Waals surface area contributed by atoms with Crippen LogP contribution in [-0.2, 0) is 16.2 Å². The zero-order valence-corrected chi connectivity index (χ0v) is 55.4. The van der Waals surface area contributed by atoms with E-state index in [9.17, 15) is 0 Å². The zero-order chi connectivity index (χ0) is 67.3. The van der Waals surface area contributed by atoms with Gasteiger partial charge in [-0.15, -0.1) is 0 Å². The summed E-state index contributed by atoms with van der Waals surface area (Å²) in [5.41, 5.74) is 25.1. The minimum Gasteiger partial charge on any atom is -0.457 e. The number of ether oxygens (including phenoxy) is 2. The minimum absolute atomic E-state index is 0.0627. The predicted molar refractivity (Wildman–Crippen MR) is 408 cm³/mol. The molecule has 0 fully saturated rings. The van der Waals surface area contributed by atoms with Gasteiger partial charge < -0.3 is 13.9 Å². The average Bonchev–Trinajstić information content (AvgIpc) is 1.51. The summed E-state index contributed by atoms with van der Waals surface area (Å²) in [6.07, 6.45) is 7.39. The van der Waals surface area contributed by atoms with Gasteiger partial charge >= 0.3 is 0 Å². The van der Waals surface area contributed by atoms with Crippen molar-refractivity contribution in [3.05, 3.63) is 390 Å². The summed E-state index contributed by atoms with van der Waals surface area (Å²) in [4.78, 5) is 21.6. The molecule has 21 rings (SSSR count). The highest BCUT2D eigenvalue weighted by Crippen LogP contribution is 2.68. The van der Waals surface area contributed by atoms with Gasteiger partial charge in [0.05, 0.1) is 33.6 Å². The number of aromatic nitrogens is 4. The molecule has 3 atom stereocenters. The molecule has 0 radical (unpaired) electrons. The number of hydrogen-bond acceptors (Lipinski definition) is 7. The van der Waals surface area contributed by atoms with E-state index in [2.05, 4.69) is 310 Å². The number of allylic oxidation sites excluding steroid dienone is 4. The van der Waals surface area contributed by atoms with Crippen LogP contribution in [0.1, 0.15) is 57.0 Å². The van der Waals surface area contributed by atoms with E-state index < -0.39 is 16.2 Å². The molecule has 7 nitrogen and oxygen atoms in total. The highest BCUT2D eigenvalue weighted by molar-refractivity contribution is 6.06. The molecule has 16 aromatic rings. The summed E-state index contributed by atoms with van der Waals surface area (Å²) in [5.74, 6) is 4.46. The molecular weight excluding hydrogens is 1250 g/mol. The quantitative estimate of drug-likeness (QED) is 0.150. The van der Waals surface area contributed by atoms with Gasteiger partial charge in [-0.05, 0) is 116 Å². The monoisotopic (exact) mass is 1300 g/mol. The van der Waals surface area contributed by atoms with Crippen LogP contribution in [0.5, 0.6) is 23.0 Å². The van der Waals surface area contributed by atoms with Crippen molar-refractivity contribution < 1.29 is 13.9 Å². The van der Waals surface area contributed by atoms with Gasteiger partial charge in [0.15, 0.2) is 11.6 Å². The number of nitrogens with zero attached hydrogens (tertiary/aromatic N) is 4. The number of fused-ring (bicyclic) bond motifs is 21. The van der Waals surface area contributed by atoms with Gasteiger partial charge in [0, 0.05) is 77.7 Å². The Labute approximate surface area is 589 Å². The second-order valence-corrected chi connectivity index (χ2v) is 27.6. The van der Waals surface area contributed by atoms with E-state index in [4.69, 9.17) is 33.8 Å². The third-order valence-corrected chi connectivity index (χ3v) is 22.3.